The van der Waals surface area contributed by atoms with Crippen LogP contribution in [0.1, 0.15) is 40.7 Å². The van der Waals surface area contributed by atoms with E-state index in [0.29, 0.717) is 24.9 Å². The number of hydrogen-bond acceptors (Lipinski definition) is 3. The van der Waals surface area contributed by atoms with Gasteiger partial charge in [-0.15, -0.1) is 0 Å². The highest BCUT2D eigenvalue weighted by atomic mass is 16.3. The van der Waals surface area contributed by atoms with Gasteiger partial charge in [0.25, 0.3) is 5.91 Å². The van der Waals surface area contributed by atoms with Crippen molar-refractivity contribution in [1.29, 1.82) is 0 Å². The van der Waals surface area contributed by atoms with Crippen molar-refractivity contribution in [2.45, 2.75) is 38.7 Å². The Morgan fingerprint density at radius 2 is 2.09 bits per heavy atom. The van der Waals surface area contributed by atoms with Crippen LogP contribution in [0.2, 0.25) is 0 Å². The minimum atomic E-state index is -1.13. The number of carbonyl (C=O) groups is 2. The molecule has 0 bridgehead atoms. The Hall–Kier alpha value is -1.88. The van der Waals surface area contributed by atoms with Crippen molar-refractivity contribution in [3.63, 3.8) is 0 Å². The second-order valence-electron chi connectivity index (χ2n) is 6.22. The third-order valence-corrected chi connectivity index (χ3v) is 4.23. The predicted octanol–water partition coefficient (Wildman–Crippen LogP) is 1.41. The number of piperidine rings is 1. The second kappa shape index (κ2) is 6.48. The molecule has 1 fully saturated rings. The van der Waals surface area contributed by atoms with Crippen molar-refractivity contribution in [3.8, 4) is 0 Å². The summed E-state index contributed by atoms with van der Waals surface area (Å²) < 4.78 is 0. The van der Waals surface area contributed by atoms with Crippen LogP contribution in [0.4, 0.5) is 0 Å². The molecule has 0 saturated carbocycles. The van der Waals surface area contributed by atoms with Crippen molar-refractivity contribution in [3.05, 3.63) is 34.9 Å². The Bertz CT molecular complexity index is 585. The van der Waals surface area contributed by atoms with Crippen LogP contribution in [0.5, 0.6) is 0 Å². The minimum absolute atomic E-state index is 0.0279. The molecule has 2 amide bonds. The molecule has 1 aliphatic rings. The van der Waals surface area contributed by atoms with Gasteiger partial charge >= 0.3 is 0 Å². The highest BCUT2D eigenvalue weighted by Crippen LogP contribution is 2.26. The minimum Gasteiger partial charge on any atom is -0.388 e. The summed E-state index contributed by atoms with van der Waals surface area (Å²) in [6, 6.07) is 5.79. The molecule has 2 N–H and O–H groups in total. The number of carbonyl (C=O) groups excluding carboxylic acids is 2. The zero-order chi connectivity index (χ0) is 16.3. The summed E-state index contributed by atoms with van der Waals surface area (Å²) in [6.07, 6.45) is 1.27. The number of benzene rings is 1. The maximum atomic E-state index is 12.7. The summed E-state index contributed by atoms with van der Waals surface area (Å²) >= 11 is 0. The fourth-order valence-electron chi connectivity index (χ4n) is 2.95. The summed E-state index contributed by atoms with van der Waals surface area (Å²) in [5.41, 5.74) is 1.50. The Labute approximate surface area is 131 Å². The lowest BCUT2D eigenvalue weighted by molar-refractivity contribution is -0.127. The lowest BCUT2D eigenvalue weighted by Gasteiger charge is -2.39. The van der Waals surface area contributed by atoms with Gasteiger partial charge < -0.3 is 15.3 Å². The first kappa shape index (κ1) is 16.5. The molecule has 5 nitrogen and oxygen atoms in total. The van der Waals surface area contributed by atoms with Gasteiger partial charge in [0.05, 0.1) is 18.6 Å². The van der Waals surface area contributed by atoms with E-state index in [9.17, 15) is 14.7 Å². The van der Waals surface area contributed by atoms with Crippen LogP contribution in [0, 0.1) is 13.8 Å². The maximum absolute atomic E-state index is 12.7. The van der Waals surface area contributed by atoms with Crippen molar-refractivity contribution < 1.29 is 14.7 Å². The normalized spacial score (nSPS) is 21.5. The highest BCUT2D eigenvalue weighted by Gasteiger charge is 2.37. The quantitative estimate of drug-likeness (QED) is 0.887. The molecule has 1 atom stereocenters. The fourth-order valence-corrected chi connectivity index (χ4v) is 2.95. The Balaban J connectivity index is 2.16. The number of rotatable bonds is 3. The molecule has 0 radical (unpaired) electrons. The number of β-amino-alcohol motifs (C(OH)–C–C–N with tert-alkyl or cyclic N) is 1. The van der Waals surface area contributed by atoms with Crippen LogP contribution in [0.25, 0.3) is 0 Å². The molecule has 5 heteroatoms. The van der Waals surface area contributed by atoms with Crippen molar-refractivity contribution in [2.24, 2.45) is 0 Å². The zero-order valence-corrected chi connectivity index (χ0v) is 13.5. The molecule has 120 valence electrons. The Morgan fingerprint density at radius 3 is 2.77 bits per heavy atom. The van der Waals surface area contributed by atoms with E-state index in [1.54, 1.807) is 11.9 Å². The second-order valence-corrected chi connectivity index (χ2v) is 6.22. The lowest BCUT2D eigenvalue weighted by Crippen LogP contribution is -2.52. The molecule has 2 rings (SSSR count). The van der Waals surface area contributed by atoms with Crippen molar-refractivity contribution in [1.82, 2.24) is 10.2 Å². The van der Waals surface area contributed by atoms with Crippen molar-refractivity contribution in [2.75, 3.05) is 20.1 Å². The molecule has 1 aromatic rings. The molecular formula is C17H24N2O3. The van der Waals surface area contributed by atoms with Crippen LogP contribution in [-0.4, -0.2) is 47.6 Å². The third kappa shape index (κ3) is 3.65. The Morgan fingerprint density at radius 1 is 1.36 bits per heavy atom. The van der Waals surface area contributed by atoms with E-state index in [1.165, 1.54) is 0 Å². The molecule has 22 heavy (non-hydrogen) atoms. The van der Waals surface area contributed by atoms with E-state index in [4.69, 9.17) is 0 Å². The van der Waals surface area contributed by atoms with Gasteiger partial charge in [0.1, 0.15) is 0 Å². The Kier molecular flexibility index (Phi) is 4.86. The van der Waals surface area contributed by atoms with E-state index >= 15 is 0 Å². The number of nitrogens with zero attached hydrogens (tertiary/aromatic N) is 1. The smallest absolute Gasteiger partial charge is 0.254 e. The van der Waals surface area contributed by atoms with Gasteiger partial charge in [-0.25, -0.2) is 0 Å². The fraction of sp³-hybridized carbons (Fsp3) is 0.529. The van der Waals surface area contributed by atoms with E-state index in [1.807, 2.05) is 32.0 Å². The molecule has 0 aliphatic carbocycles. The maximum Gasteiger partial charge on any atom is 0.254 e. The first-order valence-electron chi connectivity index (χ1n) is 7.64. The molecule has 0 aromatic heterocycles. The first-order valence-corrected chi connectivity index (χ1v) is 7.64. The van der Waals surface area contributed by atoms with Gasteiger partial charge in [0.15, 0.2) is 0 Å². The molecule has 1 saturated heterocycles. The first-order chi connectivity index (χ1) is 10.3. The van der Waals surface area contributed by atoms with Gasteiger partial charge in [-0.3, -0.25) is 9.59 Å². The average molecular weight is 304 g/mol. The summed E-state index contributed by atoms with van der Waals surface area (Å²) in [5, 5.41) is 13.1. The highest BCUT2D eigenvalue weighted by molar-refractivity contribution is 5.96. The molecule has 1 aromatic carbocycles. The SMILES string of the molecule is CNC(=O)CC1(O)CCCN(C(=O)c2cc(C)ccc2C)C1. The third-order valence-electron chi connectivity index (χ3n) is 4.23. The van der Waals surface area contributed by atoms with Gasteiger partial charge in [-0.1, -0.05) is 17.7 Å². The van der Waals surface area contributed by atoms with Crippen LogP contribution in [-0.2, 0) is 4.79 Å². The van der Waals surface area contributed by atoms with E-state index in [-0.39, 0.29) is 24.8 Å². The number of aryl methyl sites for hydroxylation is 2. The molecule has 1 heterocycles. The van der Waals surface area contributed by atoms with Crippen molar-refractivity contribution >= 4 is 11.8 Å². The summed E-state index contributed by atoms with van der Waals surface area (Å²) in [4.78, 5) is 25.9. The average Bonchev–Trinajstić information content (AvgIpc) is 2.48. The lowest BCUT2D eigenvalue weighted by atomic mass is 9.88. The van der Waals surface area contributed by atoms with E-state index in [2.05, 4.69) is 5.32 Å². The van der Waals surface area contributed by atoms with Gasteiger partial charge in [0.2, 0.25) is 5.91 Å². The standard InChI is InChI=1S/C17H24N2O3/c1-12-5-6-13(2)14(9-12)16(21)19-8-4-7-17(22,11-19)10-15(20)18-3/h5-6,9,22H,4,7-8,10-11H2,1-3H3,(H,18,20). The summed E-state index contributed by atoms with van der Waals surface area (Å²) in [5.74, 6) is -0.278. The summed E-state index contributed by atoms with van der Waals surface area (Å²) in [6.45, 7) is 4.68. The number of nitrogens with one attached hydrogen (secondary N) is 1. The topological polar surface area (TPSA) is 69.6 Å². The predicted molar refractivity (Wildman–Crippen MR) is 84.7 cm³/mol. The number of likely N-dealkylation sites (tertiary alicyclic amines) is 1. The molecule has 0 spiro atoms. The monoisotopic (exact) mass is 304 g/mol. The van der Waals surface area contributed by atoms with E-state index in [0.717, 1.165) is 11.1 Å². The van der Waals surface area contributed by atoms with E-state index < -0.39 is 5.60 Å². The van der Waals surface area contributed by atoms with Crippen LogP contribution in [0.3, 0.4) is 0 Å². The zero-order valence-electron chi connectivity index (χ0n) is 13.5. The van der Waals surface area contributed by atoms with Gasteiger partial charge in [-0.05, 0) is 38.3 Å². The van der Waals surface area contributed by atoms with Gasteiger partial charge in [0, 0.05) is 19.2 Å². The number of amides is 2. The largest absolute Gasteiger partial charge is 0.388 e. The van der Waals surface area contributed by atoms with Crippen LogP contribution in [0.15, 0.2) is 18.2 Å². The number of aliphatic hydroxyl groups is 1. The number of hydrogen-bond donors (Lipinski definition) is 2. The van der Waals surface area contributed by atoms with Crippen LogP contribution >= 0.6 is 0 Å². The van der Waals surface area contributed by atoms with Gasteiger partial charge in [-0.2, -0.15) is 0 Å². The summed E-state index contributed by atoms with van der Waals surface area (Å²) in [7, 11) is 1.55. The van der Waals surface area contributed by atoms with Crippen LogP contribution < -0.4 is 5.32 Å². The molecule has 1 unspecified atom stereocenters. The molecular weight excluding hydrogens is 280 g/mol. The molecule has 1 aliphatic heterocycles.